The van der Waals surface area contributed by atoms with E-state index in [2.05, 4.69) is 22.1 Å². The molecule has 1 aromatic rings. The predicted molar refractivity (Wildman–Crippen MR) is 65.8 cm³/mol. The highest BCUT2D eigenvalue weighted by atomic mass is 19.4. The average Bonchev–Trinajstić information content (AvgIpc) is 2.77. The van der Waals surface area contributed by atoms with Crippen molar-refractivity contribution in [1.82, 2.24) is 15.1 Å². The van der Waals surface area contributed by atoms with E-state index in [0.717, 1.165) is 12.0 Å². The van der Waals surface area contributed by atoms with Gasteiger partial charge in [-0.25, -0.2) is 0 Å². The third-order valence-corrected chi connectivity index (χ3v) is 2.75. The number of alkyl halides is 3. The molecule has 0 bridgehead atoms. The van der Waals surface area contributed by atoms with Crippen molar-refractivity contribution in [3.63, 3.8) is 0 Å². The SMILES string of the molecule is CCC(NC)c1cnn(CCCOCC(F)(F)F)c1. The van der Waals surface area contributed by atoms with E-state index in [-0.39, 0.29) is 12.6 Å². The van der Waals surface area contributed by atoms with E-state index in [1.165, 1.54) is 0 Å². The summed E-state index contributed by atoms with van der Waals surface area (Å²) in [4.78, 5) is 0. The maximum atomic E-state index is 11.8. The maximum Gasteiger partial charge on any atom is 0.411 e. The van der Waals surface area contributed by atoms with E-state index >= 15 is 0 Å². The number of ether oxygens (including phenoxy) is 1. The molecule has 0 spiro atoms. The normalized spacial score (nSPS) is 13.7. The van der Waals surface area contributed by atoms with Crippen molar-refractivity contribution in [2.45, 2.75) is 38.5 Å². The molecule has 1 heterocycles. The highest BCUT2D eigenvalue weighted by Crippen LogP contribution is 2.15. The summed E-state index contributed by atoms with van der Waals surface area (Å²) in [5.74, 6) is 0. The summed E-state index contributed by atoms with van der Waals surface area (Å²) in [6.45, 7) is 1.52. The highest BCUT2D eigenvalue weighted by molar-refractivity contribution is 5.09. The minimum Gasteiger partial charge on any atom is -0.372 e. The van der Waals surface area contributed by atoms with E-state index in [9.17, 15) is 13.2 Å². The van der Waals surface area contributed by atoms with Crippen LogP contribution >= 0.6 is 0 Å². The van der Waals surface area contributed by atoms with Gasteiger partial charge in [0.15, 0.2) is 0 Å². The van der Waals surface area contributed by atoms with Gasteiger partial charge in [-0.05, 0) is 19.9 Å². The van der Waals surface area contributed by atoms with Gasteiger partial charge in [0.05, 0.1) is 6.20 Å². The predicted octanol–water partition coefficient (Wildman–Crippen LogP) is 2.52. The summed E-state index contributed by atoms with van der Waals surface area (Å²) in [6, 6.07) is 0.259. The molecular weight excluding hydrogens is 259 g/mol. The molecule has 1 rings (SSSR count). The lowest BCUT2D eigenvalue weighted by molar-refractivity contribution is -0.174. The zero-order valence-corrected chi connectivity index (χ0v) is 11.2. The second kappa shape index (κ2) is 7.49. The lowest BCUT2D eigenvalue weighted by Gasteiger charge is -2.10. The van der Waals surface area contributed by atoms with Crippen LogP contribution in [0.25, 0.3) is 0 Å². The molecule has 0 fully saturated rings. The fourth-order valence-electron chi connectivity index (χ4n) is 1.80. The average molecular weight is 279 g/mol. The van der Waals surface area contributed by atoms with Crippen molar-refractivity contribution in [1.29, 1.82) is 0 Å². The standard InChI is InChI=1S/C12H20F3N3O/c1-3-11(16-2)10-7-17-18(8-10)5-4-6-19-9-12(13,14)15/h7-8,11,16H,3-6,9H2,1-2H3. The van der Waals surface area contributed by atoms with Crippen LogP contribution in [0.5, 0.6) is 0 Å². The van der Waals surface area contributed by atoms with Crippen molar-refractivity contribution in [2.24, 2.45) is 0 Å². The van der Waals surface area contributed by atoms with Crippen LogP contribution < -0.4 is 5.32 Å². The molecule has 1 aromatic heterocycles. The Morgan fingerprint density at radius 1 is 1.47 bits per heavy atom. The van der Waals surface area contributed by atoms with E-state index in [1.54, 1.807) is 10.9 Å². The van der Waals surface area contributed by atoms with Crippen LogP contribution in [0.2, 0.25) is 0 Å². The van der Waals surface area contributed by atoms with Crippen LogP contribution in [0.3, 0.4) is 0 Å². The van der Waals surface area contributed by atoms with Gasteiger partial charge in [0.25, 0.3) is 0 Å². The van der Waals surface area contributed by atoms with Crippen LogP contribution in [0.4, 0.5) is 13.2 Å². The quantitative estimate of drug-likeness (QED) is 0.743. The van der Waals surface area contributed by atoms with Gasteiger partial charge in [-0.3, -0.25) is 4.68 Å². The summed E-state index contributed by atoms with van der Waals surface area (Å²) < 4.78 is 41.7. The summed E-state index contributed by atoms with van der Waals surface area (Å²) in [5.41, 5.74) is 1.08. The fraction of sp³-hybridized carbons (Fsp3) is 0.750. The number of aromatic nitrogens is 2. The molecule has 4 nitrogen and oxygen atoms in total. The Kier molecular flexibility index (Phi) is 6.30. The third-order valence-electron chi connectivity index (χ3n) is 2.75. The molecule has 1 atom stereocenters. The first-order valence-electron chi connectivity index (χ1n) is 6.30. The van der Waals surface area contributed by atoms with Crippen molar-refractivity contribution < 1.29 is 17.9 Å². The molecule has 0 saturated carbocycles. The zero-order valence-electron chi connectivity index (χ0n) is 11.2. The topological polar surface area (TPSA) is 39.1 Å². The summed E-state index contributed by atoms with van der Waals surface area (Å²) in [6.07, 6.45) is 0.903. The van der Waals surface area contributed by atoms with Gasteiger partial charge in [0, 0.05) is 31.0 Å². The molecule has 1 N–H and O–H groups in total. The molecule has 0 radical (unpaired) electrons. The number of nitrogens with zero attached hydrogens (tertiary/aromatic N) is 2. The lowest BCUT2D eigenvalue weighted by atomic mass is 10.1. The molecule has 110 valence electrons. The summed E-state index contributed by atoms with van der Waals surface area (Å²) in [7, 11) is 1.89. The monoisotopic (exact) mass is 279 g/mol. The van der Waals surface area contributed by atoms with Crippen LogP contribution in [-0.4, -0.2) is 36.2 Å². The van der Waals surface area contributed by atoms with Gasteiger partial charge in [-0.2, -0.15) is 18.3 Å². The molecule has 0 aliphatic rings. The van der Waals surface area contributed by atoms with E-state index in [0.29, 0.717) is 13.0 Å². The maximum absolute atomic E-state index is 11.8. The molecular formula is C12H20F3N3O. The second-order valence-electron chi connectivity index (χ2n) is 4.31. The Balaban J connectivity index is 2.27. The molecule has 0 saturated heterocycles. The molecule has 1 unspecified atom stereocenters. The van der Waals surface area contributed by atoms with Crippen molar-refractivity contribution in [2.75, 3.05) is 20.3 Å². The minimum atomic E-state index is -4.25. The Morgan fingerprint density at radius 3 is 2.79 bits per heavy atom. The zero-order chi connectivity index (χ0) is 14.3. The number of hydrogen-bond donors (Lipinski definition) is 1. The molecule has 7 heteroatoms. The van der Waals surface area contributed by atoms with Gasteiger partial charge in [-0.1, -0.05) is 6.92 Å². The minimum absolute atomic E-state index is 0.0813. The number of halogens is 3. The Bertz CT molecular complexity index is 361. The first-order chi connectivity index (χ1) is 8.96. The fourth-order valence-corrected chi connectivity index (χ4v) is 1.80. The van der Waals surface area contributed by atoms with E-state index in [1.807, 2.05) is 13.2 Å². The second-order valence-corrected chi connectivity index (χ2v) is 4.31. The first-order valence-corrected chi connectivity index (χ1v) is 6.30. The lowest BCUT2D eigenvalue weighted by Crippen LogP contribution is -2.18. The number of aryl methyl sites for hydroxylation is 1. The number of nitrogens with one attached hydrogen (secondary N) is 1. The van der Waals surface area contributed by atoms with Crippen LogP contribution in [0.15, 0.2) is 12.4 Å². The number of rotatable bonds is 8. The van der Waals surface area contributed by atoms with Crippen molar-refractivity contribution >= 4 is 0 Å². The van der Waals surface area contributed by atoms with Crippen LogP contribution in [-0.2, 0) is 11.3 Å². The number of hydrogen-bond acceptors (Lipinski definition) is 3. The van der Waals surface area contributed by atoms with E-state index < -0.39 is 12.8 Å². The van der Waals surface area contributed by atoms with Gasteiger partial charge in [-0.15, -0.1) is 0 Å². The Morgan fingerprint density at radius 2 is 2.21 bits per heavy atom. The van der Waals surface area contributed by atoms with Crippen LogP contribution in [0.1, 0.15) is 31.4 Å². The highest BCUT2D eigenvalue weighted by Gasteiger charge is 2.27. The van der Waals surface area contributed by atoms with Crippen LogP contribution in [0, 0.1) is 0 Å². The van der Waals surface area contributed by atoms with Gasteiger partial charge < -0.3 is 10.1 Å². The summed E-state index contributed by atoms with van der Waals surface area (Å²) in [5, 5.41) is 7.35. The smallest absolute Gasteiger partial charge is 0.372 e. The Hall–Kier alpha value is -1.08. The van der Waals surface area contributed by atoms with Crippen molar-refractivity contribution in [3.8, 4) is 0 Å². The van der Waals surface area contributed by atoms with Crippen molar-refractivity contribution in [3.05, 3.63) is 18.0 Å². The van der Waals surface area contributed by atoms with Gasteiger partial charge in [0.1, 0.15) is 6.61 Å². The third kappa shape index (κ3) is 6.07. The van der Waals surface area contributed by atoms with Gasteiger partial charge >= 0.3 is 6.18 Å². The van der Waals surface area contributed by atoms with E-state index in [4.69, 9.17) is 0 Å². The molecule has 0 aliphatic carbocycles. The summed E-state index contributed by atoms with van der Waals surface area (Å²) >= 11 is 0. The first kappa shape index (κ1) is 16.0. The molecule has 0 aromatic carbocycles. The molecule has 0 amide bonds. The molecule has 19 heavy (non-hydrogen) atoms. The largest absolute Gasteiger partial charge is 0.411 e. The Labute approximate surface area is 110 Å². The molecule has 0 aliphatic heterocycles. The van der Waals surface area contributed by atoms with Gasteiger partial charge in [0.2, 0.25) is 0 Å².